The summed E-state index contributed by atoms with van der Waals surface area (Å²) in [5.74, 6) is 2.33. The SMILES string of the molecule is CCc1nc(NCCC2CCCC2)cc(=O)[nH]1. The maximum absolute atomic E-state index is 11.4. The van der Waals surface area contributed by atoms with E-state index in [2.05, 4.69) is 15.3 Å². The van der Waals surface area contributed by atoms with Gasteiger partial charge in [0.05, 0.1) is 0 Å². The Bertz CT molecular complexity index is 407. The van der Waals surface area contributed by atoms with E-state index in [4.69, 9.17) is 0 Å². The van der Waals surface area contributed by atoms with Crippen molar-refractivity contribution in [2.45, 2.75) is 45.4 Å². The lowest BCUT2D eigenvalue weighted by molar-refractivity contribution is 0.518. The monoisotopic (exact) mass is 235 g/mol. The molecule has 0 unspecified atom stereocenters. The van der Waals surface area contributed by atoms with Crippen molar-refractivity contribution in [1.82, 2.24) is 9.97 Å². The lowest BCUT2D eigenvalue weighted by Crippen LogP contribution is -2.14. The van der Waals surface area contributed by atoms with E-state index >= 15 is 0 Å². The summed E-state index contributed by atoms with van der Waals surface area (Å²) in [5.41, 5.74) is -0.0692. The average Bonchev–Trinajstić information content (AvgIpc) is 2.81. The van der Waals surface area contributed by atoms with E-state index in [1.54, 1.807) is 0 Å². The highest BCUT2D eigenvalue weighted by atomic mass is 16.1. The minimum Gasteiger partial charge on any atom is -0.370 e. The Kier molecular flexibility index (Phi) is 4.18. The highest BCUT2D eigenvalue weighted by Crippen LogP contribution is 2.27. The summed E-state index contributed by atoms with van der Waals surface area (Å²) < 4.78 is 0. The van der Waals surface area contributed by atoms with Crippen molar-refractivity contribution >= 4 is 5.82 Å². The predicted molar refractivity (Wildman–Crippen MR) is 69.3 cm³/mol. The van der Waals surface area contributed by atoms with E-state index in [9.17, 15) is 4.79 Å². The third kappa shape index (κ3) is 3.58. The van der Waals surface area contributed by atoms with Crippen molar-refractivity contribution in [2.75, 3.05) is 11.9 Å². The van der Waals surface area contributed by atoms with Crippen LogP contribution in [-0.4, -0.2) is 16.5 Å². The normalized spacial score (nSPS) is 16.3. The molecule has 2 rings (SSSR count). The molecule has 1 aromatic heterocycles. The first-order valence-electron chi connectivity index (χ1n) is 6.62. The molecular weight excluding hydrogens is 214 g/mol. The molecule has 2 N–H and O–H groups in total. The van der Waals surface area contributed by atoms with Crippen molar-refractivity contribution in [3.63, 3.8) is 0 Å². The third-order valence-electron chi connectivity index (χ3n) is 3.46. The summed E-state index contributed by atoms with van der Waals surface area (Å²) in [6.07, 6.45) is 7.44. The van der Waals surface area contributed by atoms with Gasteiger partial charge in [0.25, 0.3) is 5.56 Å². The number of H-pyrrole nitrogens is 1. The van der Waals surface area contributed by atoms with E-state index in [1.165, 1.54) is 38.2 Å². The maximum Gasteiger partial charge on any atom is 0.252 e. The summed E-state index contributed by atoms with van der Waals surface area (Å²) in [5, 5.41) is 3.26. The zero-order chi connectivity index (χ0) is 12.1. The average molecular weight is 235 g/mol. The van der Waals surface area contributed by atoms with Crippen LogP contribution >= 0.6 is 0 Å². The van der Waals surface area contributed by atoms with E-state index < -0.39 is 0 Å². The van der Waals surface area contributed by atoms with Gasteiger partial charge in [0, 0.05) is 19.0 Å². The molecule has 0 aromatic carbocycles. The van der Waals surface area contributed by atoms with Crippen molar-refractivity contribution in [2.24, 2.45) is 5.92 Å². The maximum atomic E-state index is 11.4. The number of nitrogens with zero attached hydrogens (tertiary/aromatic N) is 1. The highest BCUT2D eigenvalue weighted by molar-refractivity contribution is 5.32. The fourth-order valence-corrected chi connectivity index (χ4v) is 2.47. The van der Waals surface area contributed by atoms with E-state index in [1.807, 2.05) is 6.92 Å². The minimum atomic E-state index is -0.0692. The quantitative estimate of drug-likeness (QED) is 0.823. The van der Waals surface area contributed by atoms with E-state index in [0.717, 1.165) is 24.7 Å². The summed E-state index contributed by atoms with van der Waals surface area (Å²) in [6.45, 7) is 2.91. The zero-order valence-corrected chi connectivity index (χ0v) is 10.5. The van der Waals surface area contributed by atoms with Crippen molar-refractivity contribution < 1.29 is 0 Å². The number of hydrogen-bond acceptors (Lipinski definition) is 3. The van der Waals surface area contributed by atoms with Crippen molar-refractivity contribution in [3.8, 4) is 0 Å². The van der Waals surface area contributed by atoms with Gasteiger partial charge in [-0.2, -0.15) is 0 Å². The number of aromatic nitrogens is 2. The molecule has 94 valence electrons. The van der Waals surface area contributed by atoms with Crippen LogP contribution in [0.1, 0.15) is 44.9 Å². The third-order valence-corrected chi connectivity index (χ3v) is 3.46. The fraction of sp³-hybridized carbons (Fsp3) is 0.692. The smallest absolute Gasteiger partial charge is 0.252 e. The second-order valence-corrected chi connectivity index (χ2v) is 4.80. The van der Waals surface area contributed by atoms with Crippen LogP contribution < -0.4 is 10.9 Å². The lowest BCUT2D eigenvalue weighted by atomic mass is 10.0. The molecule has 1 heterocycles. The number of rotatable bonds is 5. The van der Waals surface area contributed by atoms with Crippen LogP contribution in [-0.2, 0) is 6.42 Å². The van der Waals surface area contributed by atoms with Crippen LogP contribution in [0.2, 0.25) is 0 Å². The van der Waals surface area contributed by atoms with E-state index in [-0.39, 0.29) is 5.56 Å². The molecular formula is C13H21N3O. The summed E-state index contributed by atoms with van der Waals surface area (Å²) in [4.78, 5) is 18.4. The number of aromatic amines is 1. The van der Waals surface area contributed by atoms with Crippen LogP contribution in [0.3, 0.4) is 0 Å². The Labute approximate surface area is 102 Å². The highest BCUT2D eigenvalue weighted by Gasteiger charge is 2.14. The Balaban J connectivity index is 1.85. The molecule has 1 aliphatic carbocycles. The van der Waals surface area contributed by atoms with Crippen LogP contribution in [0.15, 0.2) is 10.9 Å². The first-order chi connectivity index (χ1) is 8.28. The standard InChI is InChI=1S/C13H21N3O/c1-2-11-15-12(9-13(17)16-11)14-8-7-10-5-3-4-6-10/h9-10H,2-8H2,1H3,(H2,14,15,16,17). The second kappa shape index (κ2) is 5.84. The van der Waals surface area contributed by atoms with Gasteiger partial charge >= 0.3 is 0 Å². The number of anilines is 1. The molecule has 1 aliphatic rings. The molecule has 4 heteroatoms. The van der Waals surface area contributed by atoms with E-state index in [0.29, 0.717) is 5.82 Å². The van der Waals surface area contributed by atoms with Crippen LogP contribution in [0.4, 0.5) is 5.82 Å². The number of nitrogens with one attached hydrogen (secondary N) is 2. The Morgan fingerprint density at radius 3 is 2.94 bits per heavy atom. The number of hydrogen-bond donors (Lipinski definition) is 2. The van der Waals surface area contributed by atoms with Gasteiger partial charge in [-0.25, -0.2) is 4.98 Å². The largest absolute Gasteiger partial charge is 0.370 e. The molecule has 0 amide bonds. The van der Waals surface area contributed by atoms with Gasteiger partial charge in [-0.1, -0.05) is 32.6 Å². The number of aryl methyl sites for hydroxylation is 1. The molecule has 17 heavy (non-hydrogen) atoms. The molecule has 1 aromatic rings. The lowest BCUT2D eigenvalue weighted by Gasteiger charge is -2.10. The van der Waals surface area contributed by atoms with Gasteiger partial charge in [0.15, 0.2) is 0 Å². The van der Waals surface area contributed by atoms with Gasteiger partial charge in [0.1, 0.15) is 11.6 Å². The van der Waals surface area contributed by atoms with Crippen molar-refractivity contribution in [1.29, 1.82) is 0 Å². The molecule has 0 spiro atoms. The summed E-state index contributed by atoms with van der Waals surface area (Å²) >= 11 is 0. The summed E-state index contributed by atoms with van der Waals surface area (Å²) in [6, 6.07) is 1.54. The summed E-state index contributed by atoms with van der Waals surface area (Å²) in [7, 11) is 0. The molecule has 1 saturated carbocycles. The molecule has 0 aliphatic heterocycles. The van der Waals surface area contributed by atoms with Crippen LogP contribution in [0, 0.1) is 5.92 Å². The van der Waals surface area contributed by atoms with Gasteiger partial charge in [-0.15, -0.1) is 0 Å². The van der Waals surface area contributed by atoms with Gasteiger partial charge < -0.3 is 10.3 Å². The zero-order valence-electron chi connectivity index (χ0n) is 10.5. The van der Waals surface area contributed by atoms with Crippen molar-refractivity contribution in [3.05, 3.63) is 22.2 Å². The first-order valence-corrected chi connectivity index (χ1v) is 6.62. The van der Waals surface area contributed by atoms with Gasteiger partial charge in [0.2, 0.25) is 0 Å². The molecule has 0 bridgehead atoms. The predicted octanol–water partition coefficient (Wildman–Crippen LogP) is 2.32. The second-order valence-electron chi connectivity index (χ2n) is 4.80. The Hall–Kier alpha value is -1.32. The Morgan fingerprint density at radius 2 is 2.24 bits per heavy atom. The molecule has 0 atom stereocenters. The minimum absolute atomic E-state index is 0.0692. The topological polar surface area (TPSA) is 57.8 Å². The molecule has 1 fully saturated rings. The fourth-order valence-electron chi connectivity index (χ4n) is 2.47. The first kappa shape index (κ1) is 12.1. The van der Waals surface area contributed by atoms with Crippen LogP contribution in [0.25, 0.3) is 0 Å². The molecule has 0 saturated heterocycles. The Morgan fingerprint density at radius 1 is 1.47 bits per heavy atom. The van der Waals surface area contributed by atoms with Gasteiger partial charge in [-0.05, 0) is 12.3 Å². The van der Waals surface area contributed by atoms with Gasteiger partial charge in [-0.3, -0.25) is 4.79 Å². The molecule has 0 radical (unpaired) electrons. The van der Waals surface area contributed by atoms with Crippen LogP contribution in [0.5, 0.6) is 0 Å². The molecule has 4 nitrogen and oxygen atoms in total.